The van der Waals surface area contributed by atoms with Crippen molar-refractivity contribution in [1.82, 2.24) is 15.2 Å². The highest BCUT2D eigenvalue weighted by Crippen LogP contribution is 2.38. The van der Waals surface area contributed by atoms with Gasteiger partial charge in [-0.25, -0.2) is 4.79 Å². The van der Waals surface area contributed by atoms with Crippen molar-refractivity contribution >= 4 is 35.3 Å². The normalized spacial score (nSPS) is 18.0. The molecule has 0 radical (unpaired) electrons. The monoisotopic (exact) mass is 373 g/mol. The minimum Gasteiger partial charge on any atom is -0.493 e. The summed E-state index contributed by atoms with van der Waals surface area (Å²) in [4.78, 5) is 32.1. The second kappa shape index (κ2) is 6.79. The van der Waals surface area contributed by atoms with Crippen LogP contribution >= 0.6 is 11.8 Å². The molecule has 9 nitrogen and oxygen atoms in total. The smallest absolute Gasteiger partial charge is 0.375 e. The van der Waals surface area contributed by atoms with Crippen molar-refractivity contribution in [3.05, 3.63) is 35.2 Å². The zero-order valence-electron chi connectivity index (χ0n) is 13.8. The van der Waals surface area contributed by atoms with E-state index in [1.807, 2.05) is 12.1 Å². The number of nitrogens with zero attached hydrogens (tertiary/aromatic N) is 3. The number of H-pyrrole nitrogens is 1. The van der Waals surface area contributed by atoms with Crippen molar-refractivity contribution < 1.29 is 19.1 Å². The van der Waals surface area contributed by atoms with Crippen molar-refractivity contribution in [2.75, 3.05) is 24.8 Å². The molecule has 26 heavy (non-hydrogen) atoms. The molecular weight excluding hydrogens is 358 g/mol. The second-order valence-corrected chi connectivity index (χ2v) is 6.73. The number of nitrogens with one attached hydrogen (secondary N) is 2. The van der Waals surface area contributed by atoms with Gasteiger partial charge in [-0.3, -0.25) is 20.2 Å². The van der Waals surface area contributed by atoms with Gasteiger partial charge < -0.3 is 9.47 Å². The third kappa shape index (κ3) is 3.15. The Hall–Kier alpha value is -2.88. The number of hydrogen-bond acceptors (Lipinski definition) is 8. The minimum atomic E-state index is -0.660. The van der Waals surface area contributed by atoms with Crippen LogP contribution < -0.4 is 10.1 Å². The number of methoxy groups -OCH3 is 1. The topological polar surface area (TPSA) is 119 Å². The van der Waals surface area contributed by atoms with E-state index >= 15 is 0 Å². The molecule has 2 aliphatic rings. The number of rotatable bonds is 4. The maximum absolute atomic E-state index is 12.3. The summed E-state index contributed by atoms with van der Waals surface area (Å²) in [6.07, 6.45) is 0.894. The number of fused-ring (bicyclic) bond motifs is 1. The van der Waals surface area contributed by atoms with Crippen molar-refractivity contribution in [2.24, 2.45) is 4.99 Å². The third-order valence-corrected chi connectivity index (χ3v) is 5.13. The molecule has 4 rings (SSSR count). The average Bonchev–Trinajstić information content (AvgIpc) is 3.39. The first-order chi connectivity index (χ1) is 12.6. The van der Waals surface area contributed by atoms with E-state index in [2.05, 4.69) is 36.3 Å². The van der Waals surface area contributed by atoms with Gasteiger partial charge in [-0.05, 0) is 23.3 Å². The van der Waals surface area contributed by atoms with Gasteiger partial charge in [0.15, 0.2) is 0 Å². The lowest BCUT2D eigenvalue weighted by Gasteiger charge is -2.07. The average molecular weight is 373 g/mol. The van der Waals surface area contributed by atoms with Crippen LogP contribution in [0.3, 0.4) is 0 Å². The highest BCUT2D eigenvalue weighted by Gasteiger charge is 2.26. The van der Waals surface area contributed by atoms with E-state index in [-0.39, 0.29) is 23.1 Å². The number of carbonyl (C=O) groups is 2. The summed E-state index contributed by atoms with van der Waals surface area (Å²) < 4.78 is 10.0. The first-order valence-electron chi connectivity index (χ1n) is 7.90. The second-order valence-electron chi connectivity index (χ2n) is 5.66. The Morgan fingerprint density at radius 1 is 1.42 bits per heavy atom. The molecule has 0 saturated carbocycles. The van der Waals surface area contributed by atoms with Crippen molar-refractivity contribution in [1.29, 1.82) is 0 Å². The molecule has 134 valence electrons. The van der Waals surface area contributed by atoms with Gasteiger partial charge in [-0.1, -0.05) is 6.07 Å². The Morgan fingerprint density at radius 2 is 2.31 bits per heavy atom. The number of aromatic nitrogens is 3. The van der Waals surface area contributed by atoms with Crippen molar-refractivity contribution in [3.63, 3.8) is 0 Å². The maximum Gasteiger partial charge on any atom is 0.375 e. The van der Waals surface area contributed by atoms with Crippen LogP contribution in [0.25, 0.3) is 0 Å². The van der Waals surface area contributed by atoms with Crippen LogP contribution in [0.1, 0.15) is 27.1 Å². The first-order valence-corrected chi connectivity index (χ1v) is 8.95. The van der Waals surface area contributed by atoms with Crippen molar-refractivity contribution in [2.45, 2.75) is 11.8 Å². The minimum absolute atomic E-state index is 0.00114. The molecule has 0 aliphatic carbocycles. The highest BCUT2D eigenvalue weighted by molar-refractivity contribution is 8.00. The standard InChI is InChI=1S/C16H15N5O4S/c1-24-15(23)12-18-16(21-20-12)19-13(22)10-7-26-14(17-10)9-2-3-11-8(6-9)4-5-25-11/h2-3,6,14H,4-5,7H2,1H3,(H2,18,19,20,21,22). The lowest BCUT2D eigenvalue weighted by atomic mass is 10.1. The number of amides is 1. The number of esters is 1. The van der Waals surface area contributed by atoms with Crippen LogP contribution in [0.4, 0.5) is 5.95 Å². The molecule has 2 N–H and O–H groups in total. The van der Waals surface area contributed by atoms with Crippen LogP contribution in [0.15, 0.2) is 23.2 Å². The summed E-state index contributed by atoms with van der Waals surface area (Å²) in [7, 11) is 1.23. The van der Waals surface area contributed by atoms with Gasteiger partial charge in [0.2, 0.25) is 11.8 Å². The Labute approximate surface area is 152 Å². The molecule has 2 aromatic rings. The number of ether oxygens (including phenoxy) is 2. The number of aromatic amines is 1. The number of benzene rings is 1. The molecule has 3 heterocycles. The number of aliphatic imine (C=N–C) groups is 1. The molecule has 0 saturated heterocycles. The van der Waals surface area contributed by atoms with Crippen LogP contribution in [-0.4, -0.2) is 52.2 Å². The van der Waals surface area contributed by atoms with Gasteiger partial charge >= 0.3 is 5.97 Å². The molecule has 1 unspecified atom stereocenters. The largest absolute Gasteiger partial charge is 0.493 e. The fraction of sp³-hybridized carbons (Fsp3) is 0.312. The van der Waals surface area contributed by atoms with E-state index in [0.29, 0.717) is 18.1 Å². The fourth-order valence-corrected chi connectivity index (χ4v) is 3.77. The van der Waals surface area contributed by atoms with Crippen LogP contribution in [0, 0.1) is 0 Å². The van der Waals surface area contributed by atoms with E-state index in [9.17, 15) is 9.59 Å². The van der Waals surface area contributed by atoms with Gasteiger partial charge in [0.05, 0.1) is 13.7 Å². The van der Waals surface area contributed by atoms with Gasteiger partial charge in [-0.15, -0.1) is 16.9 Å². The molecule has 1 aromatic heterocycles. The van der Waals surface area contributed by atoms with E-state index in [1.165, 1.54) is 12.7 Å². The van der Waals surface area contributed by atoms with E-state index < -0.39 is 5.97 Å². The van der Waals surface area contributed by atoms with Crippen molar-refractivity contribution in [3.8, 4) is 5.75 Å². The number of anilines is 1. The summed E-state index contributed by atoms with van der Waals surface area (Å²) >= 11 is 1.57. The van der Waals surface area contributed by atoms with Gasteiger partial charge in [0.25, 0.3) is 5.91 Å². The first kappa shape index (κ1) is 16.6. The van der Waals surface area contributed by atoms with Crippen LogP contribution in [-0.2, 0) is 16.0 Å². The lowest BCUT2D eigenvalue weighted by molar-refractivity contribution is -0.110. The third-order valence-electron chi connectivity index (χ3n) is 4.00. The zero-order chi connectivity index (χ0) is 18.1. The molecule has 1 atom stereocenters. The van der Waals surface area contributed by atoms with Crippen LogP contribution in [0.2, 0.25) is 0 Å². The van der Waals surface area contributed by atoms with Gasteiger partial charge in [0.1, 0.15) is 16.8 Å². The SMILES string of the molecule is COC(=O)c1nc(NC(=O)C2=NC(c3ccc4c(c3)CCO4)SC2)n[nH]1. The molecule has 1 amide bonds. The van der Waals surface area contributed by atoms with Gasteiger partial charge in [-0.2, -0.15) is 4.98 Å². The summed E-state index contributed by atoms with van der Waals surface area (Å²) in [6.45, 7) is 0.706. The summed E-state index contributed by atoms with van der Waals surface area (Å²) in [5.74, 6) is 0.278. The maximum atomic E-state index is 12.3. The zero-order valence-corrected chi connectivity index (χ0v) is 14.6. The van der Waals surface area contributed by atoms with Crippen LogP contribution in [0.5, 0.6) is 5.75 Å². The molecular formula is C16H15N5O4S. The van der Waals surface area contributed by atoms with E-state index in [1.54, 1.807) is 11.8 Å². The Morgan fingerprint density at radius 3 is 3.15 bits per heavy atom. The molecule has 1 aromatic carbocycles. The van der Waals surface area contributed by atoms with E-state index in [0.717, 1.165) is 17.7 Å². The Balaban J connectivity index is 1.45. The molecule has 0 spiro atoms. The Bertz CT molecular complexity index is 910. The number of hydrogen-bond donors (Lipinski definition) is 2. The van der Waals surface area contributed by atoms with E-state index in [4.69, 9.17) is 4.74 Å². The van der Waals surface area contributed by atoms with Gasteiger partial charge in [0, 0.05) is 12.2 Å². The molecule has 10 heteroatoms. The predicted octanol–water partition coefficient (Wildman–Crippen LogP) is 1.35. The number of thioether (sulfide) groups is 1. The summed E-state index contributed by atoms with van der Waals surface area (Å²) in [6, 6.07) is 6.01. The Kier molecular flexibility index (Phi) is 4.33. The summed E-state index contributed by atoms with van der Waals surface area (Å²) in [5, 5.41) is 8.58. The predicted molar refractivity (Wildman–Crippen MR) is 94.6 cm³/mol. The molecule has 0 fully saturated rings. The highest BCUT2D eigenvalue weighted by atomic mass is 32.2. The molecule has 0 bridgehead atoms. The quantitative estimate of drug-likeness (QED) is 0.777. The molecule has 2 aliphatic heterocycles. The number of carbonyl (C=O) groups excluding carboxylic acids is 2. The fourth-order valence-electron chi connectivity index (χ4n) is 2.71. The summed E-state index contributed by atoms with van der Waals surface area (Å²) in [5.41, 5.74) is 2.63. The lowest BCUT2D eigenvalue weighted by Crippen LogP contribution is -2.23.